The predicted molar refractivity (Wildman–Crippen MR) is 83.4 cm³/mol. The van der Waals surface area contributed by atoms with Crippen LogP contribution in [0.25, 0.3) is 10.9 Å². The molecule has 4 heteroatoms. The number of hydrogen-bond acceptors (Lipinski definition) is 2. The van der Waals surface area contributed by atoms with Gasteiger partial charge in [-0.3, -0.25) is 4.90 Å². The maximum atomic E-state index is 6.36. The van der Waals surface area contributed by atoms with Crippen LogP contribution < -0.4 is 15.6 Å². The molecule has 19 heavy (non-hydrogen) atoms. The molecule has 0 atom stereocenters. The predicted octanol–water partition coefficient (Wildman–Crippen LogP) is 3.16. The van der Waals surface area contributed by atoms with Crippen LogP contribution >= 0.6 is 15.9 Å². The number of nitrogen functional groups attached to an aromatic ring is 1. The smallest absolute Gasteiger partial charge is 0.280 e. The first kappa shape index (κ1) is 12.7. The van der Waals surface area contributed by atoms with Gasteiger partial charge in [0.15, 0.2) is 0 Å². The second kappa shape index (κ2) is 5.00. The summed E-state index contributed by atoms with van der Waals surface area (Å²) in [5.41, 5.74) is 9.69. The SMILES string of the molecule is CCCCN1CCc2c1[nH+]c1ccc(Br)cc1c2N. The number of unbranched alkanes of at least 4 members (excludes halogenated alkanes) is 1. The summed E-state index contributed by atoms with van der Waals surface area (Å²) in [4.78, 5) is 5.99. The molecular weight excluding hydrogens is 302 g/mol. The Hall–Kier alpha value is -1.29. The van der Waals surface area contributed by atoms with E-state index in [9.17, 15) is 0 Å². The minimum Gasteiger partial charge on any atom is -0.398 e. The first-order chi connectivity index (χ1) is 9.20. The molecule has 1 aliphatic rings. The maximum Gasteiger partial charge on any atom is 0.280 e. The highest BCUT2D eigenvalue weighted by atomic mass is 79.9. The fourth-order valence-corrected chi connectivity index (χ4v) is 3.16. The summed E-state index contributed by atoms with van der Waals surface area (Å²) in [6.45, 7) is 4.42. The lowest BCUT2D eigenvalue weighted by molar-refractivity contribution is -0.330. The van der Waals surface area contributed by atoms with E-state index in [1.807, 2.05) is 0 Å². The molecule has 0 unspecified atom stereocenters. The molecule has 1 aromatic heterocycles. The lowest BCUT2D eigenvalue weighted by atomic mass is 10.1. The highest BCUT2D eigenvalue weighted by Gasteiger charge is 2.30. The topological polar surface area (TPSA) is 43.4 Å². The molecule has 0 spiro atoms. The Labute approximate surface area is 121 Å². The van der Waals surface area contributed by atoms with Crippen molar-refractivity contribution < 1.29 is 4.98 Å². The van der Waals surface area contributed by atoms with Crippen LogP contribution in [0.2, 0.25) is 0 Å². The number of H-pyrrole nitrogens is 1. The summed E-state index contributed by atoms with van der Waals surface area (Å²) in [5, 5.41) is 1.12. The van der Waals surface area contributed by atoms with Crippen LogP contribution in [0.4, 0.5) is 11.5 Å². The van der Waals surface area contributed by atoms with Crippen LogP contribution in [0.15, 0.2) is 22.7 Å². The van der Waals surface area contributed by atoms with Gasteiger partial charge in [0.05, 0.1) is 24.3 Å². The van der Waals surface area contributed by atoms with Crippen LogP contribution in [0, 0.1) is 0 Å². The van der Waals surface area contributed by atoms with Gasteiger partial charge in [0.2, 0.25) is 0 Å². The monoisotopic (exact) mass is 320 g/mol. The number of halogens is 1. The van der Waals surface area contributed by atoms with Gasteiger partial charge < -0.3 is 5.73 Å². The van der Waals surface area contributed by atoms with E-state index in [1.165, 1.54) is 24.2 Å². The molecule has 0 amide bonds. The molecule has 3 rings (SSSR count). The minimum absolute atomic E-state index is 0.934. The Kier molecular flexibility index (Phi) is 3.35. The van der Waals surface area contributed by atoms with Crippen LogP contribution in [-0.4, -0.2) is 13.1 Å². The number of hydrogen-bond donors (Lipinski definition) is 1. The molecule has 2 heterocycles. The van der Waals surface area contributed by atoms with Gasteiger partial charge in [0.25, 0.3) is 5.82 Å². The normalized spacial score (nSPS) is 14.1. The van der Waals surface area contributed by atoms with Gasteiger partial charge in [-0.05, 0) is 24.6 Å². The molecule has 0 radical (unpaired) electrons. The van der Waals surface area contributed by atoms with Gasteiger partial charge >= 0.3 is 0 Å². The van der Waals surface area contributed by atoms with Crippen LogP contribution in [0.5, 0.6) is 0 Å². The number of aromatic amines is 1. The first-order valence-corrected chi connectivity index (χ1v) is 7.68. The van der Waals surface area contributed by atoms with Crippen molar-refractivity contribution in [1.82, 2.24) is 0 Å². The number of benzene rings is 1. The molecule has 1 aromatic carbocycles. The van der Waals surface area contributed by atoms with Crippen molar-refractivity contribution in [2.45, 2.75) is 26.2 Å². The standard InChI is InChI=1S/C15H18BrN3/c1-2-3-7-19-8-6-11-14(17)12-9-10(16)4-5-13(12)18-15(11)19/h4-5,9H,2-3,6-8H2,1H3,(H2,17,18)/p+1. The fraction of sp³-hybridized carbons (Fsp3) is 0.400. The first-order valence-electron chi connectivity index (χ1n) is 6.88. The Morgan fingerprint density at radius 1 is 1.42 bits per heavy atom. The van der Waals surface area contributed by atoms with Crippen molar-refractivity contribution in [2.24, 2.45) is 0 Å². The molecule has 3 nitrogen and oxygen atoms in total. The zero-order chi connectivity index (χ0) is 13.4. The lowest BCUT2D eigenvalue weighted by Crippen LogP contribution is -2.27. The Morgan fingerprint density at radius 3 is 3.05 bits per heavy atom. The minimum atomic E-state index is 0.934. The summed E-state index contributed by atoms with van der Waals surface area (Å²) in [6.07, 6.45) is 3.50. The van der Waals surface area contributed by atoms with Crippen LogP contribution in [0.3, 0.4) is 0 Å². The highest BCUT2D eigenvalue weighted by Crippen LogP contribution is 2.34. The average Bonchev–Trinajstić information content (AvgIpc) is 2.81. The van der Waals surface area contributed by atoms with E-state index < -0.39 is 0 Å². The van der Waals surface area contributed by atoms with Gasteiger partial charge in [-0.1, -0.05) is 29.3 Å². The van der Waals surface area contributed by atoms with Crippen LogP contribution in [-0.2, 0) is 6.42 Å². The van der Waals surface area contributed by atoms with E-state index in [4.69, 9.17) is 5.73 Å². The zero-order valence-electron chi connectivity index (χ0n) is 11.2. The summed E-state index contributed by atoms with van der Waals surface area (Å²) in [7, 11) is 0. The van der Waals surface area contributed by atoms with Crippen LogP contribution in [0.1, 0.15) is 25.3 Å². The highest BCUT2D eigenvalue weighted by molar-refractivity contribution is 9.10. The third-order valence-corrected chi connectivity index (χ3v) is 4.36. The van der Waals surface area contributed by atoms with E-state index >= 15 is 0 Å². The van der Waals surface area contributed by atoms with Crippen molar-refractivity contribution in [3.8, 4) is 0 Å². The number of pyridine rings is 1. The molecule has 3 N–H and O–H groups in total. The Morgan fingerprint density at radius 2 is 2.26 bits per heavy atom. The summed E-state index contributed by atoms with van der Waals surface area (Å²) in [5.74, 6) is 1.22. The number of nitrogens with two attached hydrogens (primary N) is 1. The van der Waals surface area contributed by atoms with E-state index in [2.05, 4.69) is 50.9 Å². The van der Waals surface area contributed by atoms with Gasteiger partial charge in [0.1, 0.15) is 5.52 Å². The van der Waals surface area contributed by atoms with Gasteiger partial charge in [-0.25, -0.2) is 4.98 Å². The number of nitrogens with one attached hydrogen (secondary N) is 1. The molecule has 2 aromatic rings. The summed E-state index contributed by atoms with van der Waals surface area (Å²) in [6, 6.07) is 6.23. The van der Waals surface area contributed by atoms with Crippen molar-refractivity contribution in [1.29, 1.82) is 0 Å². The molecule has 100 valence electrons. The summed E-state index contributed by atoms with van der Waals surface area (Å²) >= 11 is 3.51. The van der Waals surface area contributed by atoms with Gasteiger partial charge in [-0.2, -0.15) is 0 Å². The largest absolute Gasteiger partial charge is 0.398 e. The van der Waals surface area contributed by atoms with E-state index in [-0.39, 0.29) is 0 Å². The van der Waals surface area contributed by atoms with Crippen molar-refractivity contribution in [3.05, 3.63) is 28.2 Å². The average molecular weight is 321 g/mol. The van der Waals surface area contributed by atoms with Gasteiger partial charge in [-0.15, -0.1) is 0 Å². The molecule has 0 saturated carbocycles. The summed E-state index contributed by atoms with van der Waals surface area (Å²) < 4.78 is 1.07. The van der Waals surface area contributed by atoms with E-state index in [0.29, 0.717) is 0 Å². The molecule has 1 aliphatic heterocycles. The lowest BCUT2D eigenvalue weighted by Gasteiger charge is -2.11. The van der Waals surface area contributed by atoms with Crippen molar-refractivity contribution >= 4 is 38.3 Å². The molecule has 0 fully saturated rings. The third-order valence-electron chi connectivity index (χ3n) is 3.87. The molecule has 0 saturated heterocycles. The molecular formula is C15H19BrN3+. The Bertz CT molecular complexity index is 624. The zero-order valence-corrected chi connectivity index (χ0v) is 12.8. The number of nitrogens with zero attached hydrogens (tertiary/aromatic N) is 1. The van der Waals surface area contributed by atoms with Crippen molar-refractivity contribution in [3.63, 3.8) is 0 Å². The number of aromatic nitrogens is 1. The quantitative estimate of drug-likeness (QED) is 0.944. The Balaban J connectivity index is 2.10. The molecule has 0 bridgehead atoms. The second-order valence-electron chi connectivity index (χ2n) is 5.15. The maximum absolute atomic E-state index is 6.36. The molecule has 0 aliphatic carbocycles. The second-order valence-corrected chi connectivity index (χ2v) is 6.06. The van der Waals surface area contributed by atoms with Crippen molar-refractivity contribution in [2.75, 3.05) is 23.7 Å². The fourth-order valence-electron chi connectivity index (χ4n) is 2.80. The van der Waals surface area contributed by atoms with E-state index in [1.54, 1.807) is 0 Å². The number of fused-ring (bicyclic) bond motifs is 2. The van der Waals surface area contributed by atoms with Gasteiger partial charge in [0, 0.05) is 16.3 Å². The number of anilines is 2. The third kappa shape index (κ3) is 2.18. The van der Waals surface area contributed by atoms with E-state index in [0.717, 1.165) is 40.6 Å². The number of rotatable bonds is 3.